The smallest absolute Gasteiger partial charge is 0.323 e. The van der Waals surface area contributed by atoms with Crippen molar-refractivity contribution in [3.8, 4) is 5.75 Å². The summed E-state index contributed by atoms with van der Waals surface area (Å²) >= 11 is 12.4. The molecule has 0 unspecified atom stereocenters. The lowest BCUT2D eigenvalue weighted by Crippen LogP contribution is -2.49. The van der Waals surface area contributed by atoms with Crippen LogP contribution in [0.1, 0.15) is 69.8 Å². The molecule has 0 bridgehead atoms. The SMILES string of the molecule is COC(=O)[C@H](CC1CCCCC1)N1CCC(CN2CCC(Oc3ccc(Cl)c(Cl)c3C)CC2)CC1. The Bertz CT molecular complexity index is 830. The fraction of sp³-hybridized carbons (Fsp3) is 0.750. The van der Waals surface area contributed by atoms with Crippen molar-refractivity contribution in [3.05, 3.63) is 27.7 Å². The van der Waals surface area contributed by atoms with Gasteiger partial charge < -0.3 is 14.4 Å². The molecule has 1 atom stereocenters. The highest BCUT2D eigenvalue weighted by Crippen LogP contribution is 2.34. The number of nitrogens with zero attached hydrogens (tertiary/aromatic N) is 2. The van der Waals surface area contributed by atoms with E-state index in [4.69, 9.17) is 32.7 Å². The van der Waals surface area contributed by atoms with Gasteiger partial charge in [-0.2, -0.15) is 0 Å². The first-order valence-corrected chi connectivity index (χ1v) is 14.4. The first kappa shape index (κ1) is 27.0. The molecule has 1 aliphatic carbocycles. The van der Waals surface area contributed by atoms with Crippen LogP contribution in [0.25, 0.3) is 0 Å². The number of ether oxygens (including phenoxy) is 2. The average Bonchev–Trinajstić information content (AvgIpc) is 2.89. The van der Waals surface area contributed by atoms with Gasteiger partial charge in [-0.15, -0.1) is 0 Å². The van der Waals surface area contributed by atoms with Crippen LogP contribution in [0.2, 0.25) is 10.0 Å². The second kappa shape index (κ2) is 13.0. The predicted molar refractivity (Wildman–Crippen MR) is 143 cm³/mol. The molecule has 196 valence electrons. The topological polar surface area (TPSA) is 42.0 Å². The summed E-state index contributed by atoms with van der Waals surface area (Å²) in [4.78, 5) is 17.6. The molecule has 0 spiro atoms. The van der Waals surface area contributed by atoms with Gasteiger partial charge in [-0.05, 0) is 76.1 Å². The summed E-state index contributed by atoms with van der Waals surface area (Å²) in [7, 11) is 1.54. The summed E-state index contributed by atoms with van der Waals surface area (Å²) in [5.41, 5.74) is 0.919. The standard InChI is InChI=1S/C28H42Cl2N2O3/c1-20-26(9-8-24(29)27(20)30)35-23-12-14-31(15-13-23)19-22-10-16-32(17-11-22)25(28(33)34-2)18-21-6-4-3-5-7-21/h8-9,21-23,25H,3-7,10-19H2,1-2H3/t25-/m0/s1. The second-order valence-corrected chi connectivity index (χ2v) is 11.6. The zero-order valence-corrected chi connectivity index (χ0v) is 23.0. The van der Waals surface area contributed by atoms with Gasteiger partial charge in [0.15, 0.2) is 0 Å². The van der Waals surface area contributed by atoms with E-state index in [0.717, 1.165) is 76.1 Å². The van der Waals surface area contributed by atoms with Crippen LogP contribution >= 0.6 is 23.2 Å². The summed E-state index contributed by atoms with van der Waals surface area (Å²) in [6, 6.07) is 3.69. The monoisotopic (exact) mass is 524 g/mol. The number of piperidine rings is 2. The molecule has 7 heteroatoms. The number of likely N-dealkylation sites (tertiary alicyclic amines) is 2. The van der Waals surface area contributed by atoms with Gasteiger partial charge in [0, 0.05) is 25.2 Å². The second-order valence-electron chi connectivity index (χ2n) is 10.9. The summed E-state index contributed by atoms with van der Waals surface area (Å²) in [6.07, 6.45) is 12.1. The van der Waals surface area contributed by atoms with Crippen molar-refractivity contribution in [1.82, 2.24) is 9.80 Å². The fourth-order valence-corrected chi connectivity index (χ4v) is 6.59. The minimum Gasteiger partial charge on any atom is -0.490 e. The summed E-state index contributed by atoms with van der Waals surface area (Å²) in [5.74, 6) is 2.20. The van der Waals surface area contributed by atoms with E-state index >= 15 is 0 Å². The highest BCUT2D eigenvalue weighted by molar-refractivity contribution is 6.42. The number of carbonyl (C=O) groups excluding carboxylic acids is 1. The number of esters is 1. The minimum atomic E-state index is -0.0539. The quantitative estimate of drug-likeness (QED) is 0.369. The molecule has 35 heavy (non-hydrogen) atoms. The third-order valence-electron chi connectivity index (χ3n) is 8.48. The molecule has 1 aromatic carbocycles. The van der Waals surface area contributed by atoms with Crippen LogP contribution in [0.4, 0.5) is 0 Å². The van der Waals surface area contributed by atoms with Crippen LogP contribution in [0.5, 0.6) is 5.75 Å². The summed E-state index contributed by atoms with van der Waals surface area (Å²) in [6.45, 7) is 7.26. The number of carbonyl (C=O) groups is 1. The molecule has 1 aromatic rings. The molecular weight excluding hydrogens is 483 g/mol. The van der Waals surface area contributed by atoms with Crippen LogP contribution in [0.3, 0.4) is 0 Å². The third kappa shape index (κ3) is 7.28. The highest BCUT2D eigenvalue weighted by Gasteiger charge is 2.33. The first-order chi connectivity index (χ1) is 16.9. The van der Waals surface area contributed by atoms with Crippen LogP contribution in [-0.2, 0) is 9.53 Å². The Morgan fingerprint density at radius 2 is 1.66 bits per heavy atom. The number of methoxy groups -OCH3 is 1. The number of hydrogen-bond acceptors (Lipinski definition) is 5. The van der Waals surface area contributed by atoms with Crippen molar-refractivity contribution in [2.24, 2.45) is 11.8 Å². The fourth-order valence-electron chi connectivity index (χ4n) is 6.23. The van der Waals surface area contributed by atoms with E-state index in [1.807, 2.05) is 19.1 Å². The molecule has 0 radical (unpaired) electrons. The van der Waals surface area contributed by atoms with Crippen LogP contribution in [0, 0.1) is 18.8 Å². The zero-order chi connectivity index (χ0) is 24.8. The normalized spacial score (nSPS) is 22.7. The molecule has 0 aromatic heterocycles. The molecule has 2 heterocycles. The van der Waals surface area contributed by atoms with Gasteiger partial charge in [-0.3, -0.25) is 9.69 Å². The predicted octanol–water partition coefficient (Wildman–Crippen LogP) is 6.37. The average molecular weight is 526 g/mol. The van der Waals surface area contributed by atoms with E-state index < -0.39 is 0 Å². The van der Waals surface area contributed by atoms with Gasteiger partial charge in [-0.1, -0.05) is 55.3 Å². The van der Waals surface area contributed by atoms with Crippen molar-refractivity contribution in [2.75, 3.05) is 39.8 Å². The molecule has 3 aliphatic rings. The molecule has 4 rings (SSSR count). The molecule has 3 fully saturated rings. The van der Waals surface area contributed by atoms with Gasteiger partial charge in [-0.25, -0.2) is 0 Å². The number of hydrogen-bond donors (Lipinski definition) is 0. The maximum absolute atomic E-state index is 12.6. The Morgan fingerprint density at radius 3 is 2.31 bits per heavy atom. The van der Waals surface area contributed by atoms with Gasteiger partial charge in [0.05, 0.1) is 17.2 Å². The molecule has 2 aliphatic heterocycles. The number of benzene rings is 1. The Hall–Kier alpha value is -1.01. The van der Waals surface area contributed by atoms with Crippen molar-refractivity contribution < 1.29 is 14.3 Å². The zero-order valence-electron chi connectivity index (χ0n) is 21.4. The molecular formula is C28H42Cl2N2O3. The van der Waals surface area contributed by atoms with Gasteiger partial charge in [0.2, 0.25) is 0 Å². The number of halogens is 2. The summed E-state index contributed by atoms with van der Waals surface area (Å²) < 4.78 is 11.5. The van der Waals surface area contributed by atoms with Crippen molar-refractivity contribution >= 4 is 29.2 Å². The lowest BCUT2D eigenvalue weighted by atomic mass is 9.84. The van der Waals surface area contributed by atoms with Crippen molar-refractivity contribution in [2.45, 2.75) is 83.3 Å². The lowest BCUT2D eigenvalue weighted by molar-refractivity contribution is -0.148. The summed E-state index contributed by atoms with van der Waals surface area (Å²) in [5, 5.41) is 1.16. The van der Waals surface area contributed by atoms with Gasteiger partial charge in [0.1, 0.15) is 17.9 Å². The van der Waals surface area contributed by atoms with Crippen LogP contribution < -0.4 is 4.74 Å². The minimum absolute atomic E-state index is 0.0340. The largest absolute Gasteiger partial charge is 0.490 e. The third-order valence-corrected chi connectivity index (χ3v) is 9.38. The molecule has 0 amide bonds. The Morgan fingerprint density at radius 1 is 0.971 bits per heavy atom. The highest BCUT2D eigenvalue weighted by atomic mass is 35.5. The van der Waals surface area contributed by atoms with E-state index in [1.165, 1.54) is 32.1 Å². The van der Waals surface area contributed by atoms with Gasteiger partial charge >= 0.3 is 5.97 Å². The van der Waals surface area contributed by atoms with Gasteiger partial charge in [0.25, 0.3) is 0 Å². The van der Waals surface area contributed by atoms with E-state index in [9.17, 15) is 4.79 Å². The van der Waals surface area contributed by atoms with Crippen LogP contribution in [-0.4, -0.2) is 67.7 Å². The maximum Gasteiger partial charge on any atom is 0.323 e. The van der Waals surface area contributed by atoms with Crippen LogP contribution in [0.15, 0.2) is 12.1 Å². The molecule has 1 saturated carbocycles. The van der Waals surface area contributed by atoms with Crippen molar-refractivity contribution in [3.63, 3.8) is 0 Å². The number of rotatable bonds is 8. The van der Waals surface area contributed by atoms with E-state index in [1.54, 1.807) is 7.11 Å². The lowest BCUT2D eigenvalue weighted by Gasteiger charge is -2.40. The Labute approximate surface area is 221 Å². The molecule has 0 N–H and O–H groups in total. The Balaban J connectivity index is 1.20. The first-order valence-electron chi connectivity index (χ1n) is 13.6. The van der Waals surface area contributed by atoms with Crippen molar-refractivity contribution in [1.29, 1.82) is 0 Å². The molecule has 2 saturated heterocycles. The maximum atomic E-state index is 12.6. The van der Waals surface area contributed by atoms with E-state index in [2.05, 4.69) is 9.80 Å². The Kier molecular flexibility index (Phi) is 10.0. The van der Waals surface area contributed by atoms with E-state index in [-0.39, 0.29) is 18.1 Å². The van der Waals surface area contributed by atoms with E-state index in [0.29, 0.717) is 21.9 Å². The molecule has 5 nitrogen and oxygen atoms in total.